The van der Waals surface area contributed by atoms with Gasteiger partial charge in [-0.15, -0.1) is 0 Å². The van der Waals surface area contributed by atoms with Crippen molar-refractivity contribution in [3.8, 4) is 6.07 Å². The second-order valence-corrected chi connectivity index (χ2v) is 3.78. The second kappa shape index (κ2) is 6.05. The zero-order valence-electron chi connectivity index (χ0n) is 9.33. The van der Waals surface area contributed by atoms with Crippen LogP contribution in [0.1, 0.15) is 12.0 Å². The quantitative estimate of drug-likeness (QED) is 0.743. The highest BCUT2D eigenvalue weighted by Crippen LogP contribution is 2.09. The molecule has 0 unspecified atom stereocenters. The minimum atomic E-state index is 0.701. The molecule has 0 heterocycles. The predicted molar refractivity (Wildman–Crippen MR) is 62.8 cm³/mol. The molecule has 0 saturated heterocycles. The fourth-order valence-corrected chi connectivity index (χ4v) is 1.33. The van der Waals surface area contributed by atoms with E-state index in [1.165, 1.54) is 0 Å². The van der Waals surface area contributed by atoms with E-state index < -0.39 is 0 Å². The Morgan fingerprint density at radius 2 is 2.20 bits per heavy atom. The maximum Gasteiger partial charge on any atom is 0.0992 e. The fourth-order valence-electron chi connectivity index (χ4n) is 1.33. The van der Waals surface area contributed by atoms with Crippen molar-refractivity contribution in [2.45, 2.75) is 6.42 Å². The number of nitriles is 1. The van der Waals surface area contributed by atoms with Crippen molar-refractivity contribution in [3.63, 3.8) is 0 Å². The molecule has 1 aromatic rings. The summed E-state index contributed by atoms with van der Waals surface area (Å²) in [6.45, 7) is 2.01. The first-order valence-electron chi connectivity index (χ1n) is 5.11. The van der Waals surface area contributed by atoms with Crippen LogP contribution in [0.3, 0.4) is 0 Å². The van der Waals surface area contributed by atoms with Crippen LogP contribution in [-0.4, -0.2) is 32.1 Å². The summed E-state index contributed by atoms with van der Waals surface area (Å²) in [6.07, 6.45) is 1.10. The number of rotatable bonds is 5. The molecule has 0 fully saturated rings. The number of hydrogen-bond acceptors (Lipinski definition) is 3. The van der Waals surface area contributed by atoms with Crippen LogP contribution in [0, 0.1) is 11.3 Å². The molecule has 80 valence electrons. The van der Waals surface area contributed by atoms with E-state index in [9.17, 15) is 0 Å². The van der Waals surface area contributed by atoms with E-state index in [-0.39, 0.29) is 0 Å². The Morgan fingerprint density at radius 1 is 1.40 bits per heavy atom. The minimum Gasteiger partial charge on any atom is -0.385 e. The lowest BCUT2D eigenvalue weighted by molar-refractivity contribution is 0.405. The van der Waals surface area contributed by atoms with E-state index >= 15 is 0 Å². The largest absolute Gasteiger partial charge is 0.385 e. The number of benzene rings is 1. The first-order chi connectivity index (χ1) is 7.22. The van der Waals surface area contributed by atoms with Gasteiger partial charge in [0.1, 0.15) is 0 Å². The van der Waals surface area contributed by atoms with Gasteiger partial charge in [0, 0.05) is 12.2 Å². The van der Waals surface area contributed by atoms with Crippen molar-refractivity contribution in [1.82, 2.24) is 4.90 Å². The van der Waals surface area contributed by atoms with E-state index in [4.69, 9.17) is 5.26 Å². The maximum atomic E-state index is 8.72. The lowest BCUT2D eigenvalue weighted by atomic mass is 10.2. The van der Waals surface area contributed by atoms with Crippen molar-refractivity contribution in [1.29, 1.82) is 5.26 Å². The summed E-state index contributed by atoms with van der Waals surface area (Å²) in [5, 5.41) is 12.0. The summed E-state index contributed by atoms with van der Waals surface area (Å²) < 4.78 is 0. The van der Waals surface area contributed by atoms with Gasteiger partial charge >= 0.3 is 0 Å². The molecule has 0 aliphatic carbocycles. The average molecular weight is 203 g/mol. The molecule has 0 radical (unpaired) electrons. The molecule has 15 heavy (non-hydrogen) atoms. The molecule has 0 bridgehead atoms. The first-order valence-corrected chi connectivity index (χ1v) is 5.11. The average Bonchev–Trinajstić information content (AvgIpc) is 2.24. The molecule has 0 atom stereocenters. The van der Waals surface area contributed by atoms with Crippen molar-refractivity contribution < 1.29 is 0 Å². The Bertz CT molecular complexity index is 339. The van der Waals surface area contributed by atoms with Gasteiger partial charge in [-0.3, -0.25) is 0 Å². The maximum absolute atomic E-state index is 8.72. The highest BCUT2D eigenvalue weighted by atomic mass is 15.1. The number of nitrogens with zero attached hydrogens (tertiary/aromatic N) is 2. The predicted octanol–water partition coefficient (Wildman–Crippen LogP) is 1.92. The molecular weight excluding hydrogens is 186 g/mol. The SMILES string of the molecule is CN(C)CCCNc1cccc(C#N)c1. The molecule has 0 aromatic heterocycles. The topological polar surface area (TPSA) is 39.1 Å². The summed E-state index contributed by atoms with van der Waals surface area (Å²) in [6, 6.07) is 9.69. The zero-order valence-corrected chi connectivity index (χ0v) is 9.33. The Balaban J connectivity index is 2.35. The van der Waals surface area contributed by atoms with Gasteiger partial charge < -0.3 is 10.2 Å². The summed E-state index contributed by atoms with van der Waals surface area (Å²) in [5.74, 6) is 0. The Labute approximate surface area is 91.3 Å². The molecule has 1 aromatic carbocycles. The van der Waals surface area contributed by atoms with Crippen LogP contribution < -0.4 is 5.32 Å². The van der Waals surface area contributed by atoms with Crippen LogP contribution in [0.5, 0.6) is 0 Å². The third-order valence-corrected chi connectivity index (χ3v) is 2.10. The lowest BCUT2D eigenvalue weighted by Gasteiger charge is -2.10. The number of hydrogen-bond donors (Lipinski definition) is 1. The Kier molecular flexibility index (Phi) is 4.65. The summed E-state index contributed by atoms with van der Waals surface area (Å²) in [5.41, 5.74) is 1.72. The summed E-state index contributed by atoms with van der Waals surface area (Å²) >= 11 is 0. The van der Waals surface area contributed by atoms with Gasteiger partial charge in [0.05, 0.1) is 11.6 Å². The molecule has 0 aliphatic rings. The van der Waals surface area contributed by atoms with Gasteiger partial charge in [-0.1, -0.05) is 6.07 Å². The van der Waals surface area contributed by atoms with Crippen LogP contribution in [0.2, 0.25) is 0 Å². The monoisotopic (exact) mass is 203 g/mol. The molecule has 0 saturated carbocycles. The van der Waals surface area contributed by atoms with Crippen molar-refractivity contribution in [3.05, 3.63) is 29.8 Å². The first kappa shape index (κ1) is 11.5. The van der Waals surface area contributed by atoms with Crippen LogP contribution in [0.25, 0.3) is 0 Å². The second-order valence-electron chi connectivity index (χ2n) is 3.78. The van der Waals surface area contributed by atoms with Gasteiger partial charge in [-0.05, 0) is 45.3 Å². The van der Waals surface area contributed by atoms with Crippen molar-refractivity contribution in [2.24, 2.45) is 0 Å². The van der Waals surface area contributed by atoms with Gasteiger partial charge in [-0.2, -0.15) is 5.26 Å². The smallest absolute Gasteiger partial charge is 0.0992 e. The van der Waals surface area contributed by atoms with E-state index in [0.717, 1.165) is 25.2 Å². The number of anilines is 1. The standard InChI is InChI=1S/C12H17N3/c1-15(2)8-4-7-14-12-6-3-5-11(9-12)10-13/h3,5-6,9,14H,4,7-8H2,1-2H3. The molecular formula is C12H17N3. The van der Waals surface area contributed by atoms with Crippen LogP contribution in [0.4, 0.5) is 5.69 Å². The molecule has 0 aliphatic heterocycles. The third-order valence-electron chi connectivity index (χ3n) is 2.10. The highest BCUT2D eigenvalue weighted by Gasteiger charge is 1.94. The Morgan fingerprint density at radius 3 is 2.87 bits per heavy atom. The molecule has 0 amide bonds. The number of nitrogens with one attached hydrogen (secondary N) is 1. The van der Waals surface area contributed by atoms with Crippen LogP contribution >= 0.6 is 0 Å². The molecule has 1 N–H and O–H groups in total. The van der Waals surface area contributed by atoms with E-state index in [2.05, 4.69) is 30.4 Å². The van der Waals surface area contributed by atoms with Crippen molar-refractivity contribution >= 4 is 5.69 Å². The van der Waals surface area contributed by atoms with E-state index in [0.29, 0.717) is 5.56 Å². The van der Waals surface area contributed by atoms with Gasteiger partial charge in [0.2, 0.25) is 0 Å². The summed E-state index contributed by atoms with van der Waals surface area (Å²) in [4.78, 5) is 2.16. The van der Waals surface area contributed by atoms with Crippen LogP contribution in [0.15, 0.2) is 24.3 Å². The van der Waals surface area contributed by atoms with Gasteiger partial charge in [-0.25, -0.2) is 0 Å². The van der Waals surface area contributed by atoms with Crippen molar-refractivity contribution in [2.75, 3.05) is 32.5 Å². The Hall–Kier alpha value is -1.53. The highest BCUT2D eigenvalue weighted by molar-refractivity contribution is 5.48. The molecule has 3 nitrogen and oxygen atoms in total. The summed E-state index contributed by atoms with van der Waals surface area (Å²) in [7, 11) is 4.13. The molecule has 3 heteroatoms. The van der Waals surface area contributed by atoms with Gasteiger partial charge in [0.25, 0.3) is 0 Å². The zero-order chi connectivity index (χ0) is 11.1. The minimum absolute atomic E-state index is 0.701. The van der Waals surface area contributed by atoms with Crippen LogP contribution in [-0.2, 0) is 0 Å². The fraction of sp³-hybridized carbons (Fsp3) is 0.417. The molecule has 1 rings (SSSR count). The lowest BCUT2D eigenvalue weighted by Crippen LogP contribution is -2.16. The third kappa shape index (κ3) is 4.48. The molecule has 0 spiro atoms. The van der Waals surface area contributed by atoms with Gasteiger partial charge in [0.15, 0.2) is 0 Å². The normalized spacial score (nSPS) is 10.0. The van der Waals surface area contributed by atoms with E-state index in [1.54, 1.807) is 0 Å². The van der Waals surface area contributed by atoms with E-state index in [1.807, 2.05) is 24.3 Å².